The molecule has 0 saturated carbocycles. The van der Waals surface area contributed by atoms with Crippen molar-refractivity contribution in [1.29, 1.82) is 0 Å². The molecular weight excluding hydrogens is 401 g/mol. The summed E-state index contributed by atoms with van der Waals surface area (Å²) in [6, 6.07) is 2.01. The summed E-state index contributed by atoms with van der Waals surface area (Å²) in [7, 11) is 0. The van der Waals surface area contributed by atoms with E-state index in [1.165, 1.54) is 12.4 Å². The van der Waals surface area contributed by atoms with Crippen molar-refractivity contribution < 1.29 is 27.4 Å². The van der Waals surface area contributed by atoms with Crippen LogP contribution < -0.4 is 4.74 Å². The number of amides is 1. The maximum absolute atomic E-state index is 12.7. The van der Waals surface area contributed by atoms with E-state index in [1.807, 2.05) is 6.08 Å². The van der Waals surface area contributed by atoms with E-state index >= 15 is 0 Å². The van der Waals surface area contributed by atoms with Crippen LogP contribution in [0.5, 0.6) is 11.8 Å². The Hall–Kier alpha value is -3.17. The molecule has 0 radical (unpaired) electrons. The highest BCUT2D eigenvalue weighted by Gasteiger charge is 2.31. The second-order valence-electron chi connectivity index (χ2n) is 7.60. The van der Waals surface area contributed by atoms with Crippen LogP contribution in [0.4, 0.5) is 18.0 Å². The van der Waals surface area contributed by atoms with Gasteiger partial charge in [0.25, 0.3) is 0 Å². The van der Waals surface area contributed by atoms with Crippen LogP contribution in [0.3, 0.4) is 0 Å². The van der Waals surface area contributed by atoms with E-state index in [2.05, 4.69) is 15.0 Å². The summed E-state index contributed by atoms with van der Waals surface area (Å²) in [6.07, 6.45) is 1.05. The SMILES string of the molecule is CC(C)(C)OC(=O)N1CC=C(c2nccnc2Oc2ccc(C(F)(F)F)cn2)CC1. The fourth-order valence-electron chi connectivity index (χ4n) is 2.70. The van der Waals surface area contributed by atoms with Crippen LogP contribution in [0.1, 0.15) is 38.4 Å². The largest absolute Gasteiger partial charge is 0.444 e. The van der Waals surface area contributed by atoms with Crippen molar-refractivity contribution >= 4 is 11.7 Å². The molecule has 2 aromatic heterocycles. The van der Waals surface area contributed by atoms with Crippen molar-refractivity contribution in [2.24, 2.45) is 0 Å². The molecule has 0 aromatic carbocycles. The summed E-state index contributed by atoms with van der Waals surface area (Å²) < 4.78 is 49.0. The van der Waals surface area contributed by atoms with Crippen LogP contribution in [0, 0.1) is 0 Å². The molecule has 0 saturated heterocycles. The summed E-state index contributed by atoms with van der Waals surface area (Å²) >= 11 is 0. The van der Waals surface area contributed by atoms with Crippen LogP contribution in [-0.4, -0.2) is 44.6 Å². The zero-order valence-corrected chi connectivity index (χ0v) is 16.7. The van der Waals surface area contributed by atoms with Gasteiger partial charge in [-0.25, -0.2) is 19.7 Å². The zero-order valence-electron chi connectivity index (χ0n) is 16.7. The van der Waals surface area contributed by atoms with Crippen molar-refractivity contribution in [2.75, 3.05) is 13.1 Å². The van der Waals surface area contributed by atoms with Gasteiger partial charge in [0.15, 0.2) is 0 Å². The molecule has 3 heterocycles. The molecule has 0 aliphatic carbocycles. The lowest BCUT2D eigenvalue weighted by Gasteiger charge is -2.29. The van der Waals surface area contributed by atoms with E-state index in [4.69, 9.17) is 9.47 Å². The second kappa shape index (κ2) is 8.29. The van der Waals surface area contributed by atoms with E-state index < -0.39 is 23.4 Å². The number of nitrogens with zero attached hydrogens (tertiary/aromatic N) is 4. The van der Waals surface area contributed by atoms with E-state index in [1.54, 1.807) is 25.7 Å². The van der Waals surface area contributed by atoms with Crippen LogP contribution in [-0.2, 0) is 10.9 Å². The lowest BCUT2D eigenvalue weighted by molar-refractivity contribution is -0.137. The van der Waals surface area contributed by atoms with Gasteiger partial charge in [0.05, 0.1) is 5.56 Å². The minimum Gasteiger partial charge on any atom is -0.444 e. The number of carbonyl (C=O) groups is 1. The van der Waals surface area contributed by atoms with E-state index in [0.717, 1.165) is 17.7 Å². The minimum atomic E-state index is -4.48. The summed E-state index contributed by atoms with van der Waals surface area (Å²) in [5.74, 6) is 0.0956. The predicted octanol–water partition coefficient (Wildman–Crippen LogP) is 4.71. The molecule has 7 nitrogen and oxygen atoms in total. The third-order valence-electron chi connectivity index (χ3n) is 4.09. The Morgan fingerprint density at radius 2 is 1.83 bits per heavy atom. The number of carbonyl (C=O) groups excluding carboxylic acids is 1. The Kier molecular flexibility index (Phi) is 5.95. The van der Waals surface area contributed by atoms with Gasteiger partial charge < -0.3 is 14.4 Å². The zero-order chi connectivity index (χ0) is 21.9. The number of hydrogen-bond acceptors (Lipinski definition) is 6. The number of ether oxygens (including phenoxy) is 2. The van der Waals surface area contributed by atoms with Gasteiger partial charge in [-0.2, -0.15) is 13.2 Å². The average Bonchev–Trinajstić information content (AvgIpc) is 2.67. The highest BCUT2D eigenvalue weighted by molar-refractivity contribution is 5.73. The van der Waals surface area contributed by atoms with Gasteiger partial charge in [0, 0.05) is 37.7 Å². The smallest absolute Gasteiger partial charge is 0.417 e. The van der Waals surface area contributed by atoms with Gasteiger partial charge in [-0.15, -0.1) is 0 Å². The summed E-state index contributed by atoms with van der Waals surface area (Å²) in [5, 5.41) is 0. The van der Waals surface area contributed by atoms with Crippen LogP contribution in [0.2, 0.25) is 0 Å². The van der Waals surface area contributed by atoms with E-state index in [9.17, 15) is 18.0 Å². The van der Waals surface area contributed by atoms with Gasteiger partial charge in [-0.05, 0) is 38.8 Å². The number of hydrogen-bond donors (Lipinski definition) is 0. The van der Waals surface area contributed by atoms with Crippen molar-refractivity contribution in [3.63, 3.8) is 0 Å². The van der Waals surface area contributed by atoms with Gasteiger partial charge in [-0.1, -0.05) is 6.08 Å². The van der Waals surface area contributed by atoms with Gasteiger partial charge in [0.2, 0.25) is 11.8 Å². The van der Waals surface area contributed by atoms with Crippen LogP contribution in [0.25, 0.3) is 5.57 Å². The summed E-state index contributed by atoms with van der Waals surface area (Å²) in [6.45, 7) is 6.16. The van der Waals surface area contributed by atoms with Crippen LogP contribution >= 0.6 is 0 Å². The number of halogens is 3. The van der Waals surface area contributed by atoms with Crippen molar-refractivity contribution in [1.82, 2.24) is 19.9 Å². The van der Waals surface area contributed by atoms with Gasteiger partial charge in [-0.3, -0.25) is 0 Å². The predicted molar refractivity (Wildman–Crippen MR) is 102 cm³/mol. The Morgan fingerprint density at radius 3 is 2.40 bits per heavy atom. The molecule has 160 valence electrons. The third-order valence-corrected chi connectivity index (χ3v) is 4.09. The van der Waals surface area contributed by atoms with Crippen molar-refractivity contribution in [3.05, 3.63) is 48.1 Å². The average molecular weight is 422 g/mol. The van der Waals surface area contributed by atoms with Gasteiger partial charge >= 0.3 is 12.3 Å². The number of pyridine rings is 1. The molecule has 1 amide bonds. The first kappa shape index (κ1) is 21.5. The first-order valence-electron chi connectivity index (χ1n) is 9.22. The molecule has 3 rings (SSSR count). The van der Waals surface area contributed by atoms with Crippen molar-refractivity contribution in [2.45, 2.75) is 39.0 Å². The standard InChI is InChI=1S/C20H21F3N4O3/c1-19(2,3)30-18(28)27-10-6-13(7-11-27)16-17(25-9-8-24-16)29-15-5-4-14(12-26-15)20(21,22)23/h4-6,8-9,12H,7,10-11H2,1-3H3. The number of rotatable bonds is 3. The van der Waals surface area contributed by atoms with Gasteiger partial charge in [0.1, 0.15) is 11.3 Å². The second-order valence-corrected chi connectivity index (χ2v) is 7.60. The molecule has 0 fully saturated rings. The fourth-order valence-corrected chi connectivity index (χ4v) is 2.70. The maximum atomic E-state index is 12.7. The molecule has 10 heteroatoms. The molecule has 0 N–H and O–H groups in total. The number of alkyl halides is 3. The molecule has 0 unspecified atom stereocenters. The molecule has 0 bridgehead atoms. The normalized spacial score (nSPS) is 14.9. The highest BCUT2D eigenvalue weighted by Crippen LogP contribution is 2.32. The van der Waals surface area contributed by atoms with E-state index in [0.29, 0.717) is 31.4 Å². The Balaban J connectivity index is 1.74. The quantitative estimate of drug-likeness (QED) is 0.713. The Labute approximate surface area is 171 Å². The molecule has 1 aliphatic rings. The first-order chi connectivity index (χ1) is 14.0. The molecule has 30 heavy (non-hydrogen) atoms. The monoisotopic (exact) mass is 422 g/mol. The highest BCUT2D eigenvalue weighted by atomic mass is 19.4. The third kappa shape index (κ3) is 5.46. The Bertz CT molecular complexity index is 938. The lowest BCUT2D eigenvalue weighted by Crippen LogP contribution is -2.39. The molecule has 0 atom stereocenters. The summed E-state index contributed by atoms with van der Waals surface area (Å²) in [5.41, 5.74) is -0.193. The molecule has 0 spiro atoms. The molecule has 2 aromatic rings. The Morgan fingerprint density at radius 1 is 1.10 bits per heavy atom. The minimum absolute atomic E-state index is 0.0310. The maximum Gasteiger partial charge on any atom is 0.417 e. The van der Waals surface area contributed by atoms with Crippen molar-refractivity contribution in [3.8, 4) is 11.8 Å². The van der Waals surface area contributed by atoms with E-state index in [-0.39, 0.29) is 11.8 Å². The topological polar surface area (TPSA) is 77.4 Å². The first-order valence-corrected chi connectivity index (χ1v) is 9.22. The fraction of sp³-hybridized carbons (Fsp3) is 0.400. The molecule has 1 aliphatic heterocycles. The molecular formula is C20H21F3N4O3. The van der Waals surface area contributed by atoms with Crippen LogP contribution in [0.15, 0.2) is 36.8 Å². The number of aromatic nitrogens is 3. The lowest BCUT2D eigenvalue weighted by atomic mass is 10.1. The summed E-state index contributed by atoms with van der Waals surface area (Å²) in [4.78, 5) is 25.9.